The molecule has 2 aliphatic rings. The Hall–Kier alpha value is -1.63. The zero-order valence-corrected chi connectivity index (χ0v) is 15.7. The van der Waals surface area contributed by atoms with Gasteiger partial charge in [-0.25, -0.2) is 9.37 Å². The van der Waals surface area contributed by atoms with Gasteiger partial charge in [-0.05, 0) is 49.9 Å². The molecule has 0 spiro atoms. The van der Waals surface area contributed by atoms with Gasteiger partial charge in [-0.1, -0.05) is 0 Å². The number of oxazole rings is 1. The second-order valence-corrected chi connectivity index (χ2v) is 6.70. The maximum atomic E-state index is 13.0. The normalized spacial score (nSPS) is 23.7. The number of halogens is 3. The van der Waals surface area contributed by atoms with Crippen LogP contribution in [-0.4, -0.2) is 29.0 Å². The smallest absolute Gasteiger partial charge is 0.226 e. The van der Waals surface area contributed by atoms with Gasteiger partial charge in [-0.15, -0.1) is 24.8 Å². The number of carbonyl (C=O) groups is 1. The van der Waals surface area contributed by atoms with Crippen LogP contribution in [0.2, 0.25) is 0 Å². The van der Waals surface area contributed by atoms with Gasteiger partial charge in [0.15, 0.2) is 0 Å². The number of nitrogens with one attached hydrogen (secondary N) is 2. The van der Waals surface area contributed by atoms with E-state index in [0.29, 0.717) is 29.2 Å². The van der Waals surface area contributed by atoms with Gasteiger partial charge >= 0.3 is 0 Å². The van der Waals surface area contributed by atoms with Crippen LogP contribution in [0, 0.1) is 5.82 Å². The van der Waals surface area contributed by atoms with Crippen LogP contribution in [0.5, 0.6) is 0 Å². The molecule has 5 nitrogen and oxygen atoms in total. The average molecular weight is 402 g/mol. The third-order valence-electron chi connectivity index (χ3n) is 4.82. The van der Waals surface area contributed by atoms with E-state index in [1.807, 2.05) is 0 Å². The molecule has 142 valence electrons. The maximum absolute atomic E-state index is 13.0. The number of nitrogens with zero attached hydrogens (tertiary/aromatic N) is 1. The third-order valence-corrected chi connectivity index (χ3v) is 4.82. The van der Waals surface area contributed by atoms with E-state index in [9.17, 15) is 9.18 Å². The van der Waals surface area contributed by atoms with Crippen LogP contribution in [0.25, 0.3) is 11.5 Å². The highest BCUT2D eigenvalue weighted by Crippen LogP contribution is 2.26. The highest BCUT2D eigenvalue weighted by atomic mass is 35.5. The van der Waals surface area contributed by atoms with E-state index in [4.69, 9.17) is 4.42 Å². The van der Waals surface area contributed by atoms with Crippen molar-refractivity contribution < 1.29 is 13.6 Å². The quantitative estimate of drug-likeness (QED) is 0.824. The second-order valence-electron chi connectivity index (χ2n) is 6.70. The van der Waals surface area contributed by atoms with Gasteiger partial charge in [-0.2, -0.15) is 0 Å². The highest BCUT2D eigenvalue weighted by molar-refractivity contribution is 5.85. The molecule has 0 aliphatic carbocycles. The van der Waals surface area contributed by atoms with Crippen LogP contribution < -0.4 is 10.6 Å². The van der Waals surface area contributed by atoms with Crippen molar-refractivity contribution in [1.82, 2.24) is 15.6 Å². The first-order chi connectivity index (χ1) is 11.7. The Morgan fingerprint density at radius 3 is 2.50 bits per heavy atom. The van der Waals surface area contributed by atoms with Crippen molar-refractivity contribution >= 4 is 30.7 Å². The Labute approximate surface area is 164 Å². The zero-order chi connectivity index (χ0) is 16.5. The molecule has 2 bridgehead atoms. The monoisotopic (exact) mass is 401 g/mol. The van der Waals surface area contributed by atoms with Gasteiger partial charge in [0.2, 0.25) is 11.8 Å². The molecular formula is C18H22Cl2FN3O2. The molecule has 2 saturated heterocycles. The third kappa shape index (κ3) is 4.75. The Morgan fingerprint density at radius 1 is 1.19 bits per heavy atom. The molecule has 1 aromatic carbocycles. The number of hydrogen-bond acceptors (Lipinski definition) is 4. The number of benzene rings is 1. The molecule has 4 rings (SSSR count). The number of hydrogen-bond donors (Lipinski definition) is 2. The largest absolute Gasteiger partial charge is 0.444 e. The number of carbonyl (C=O) groups excluding carboxylic acids is 1. The lowest BCUT2D eigenvalue weighted by atomic mass is 9.99. The van der Waals surface area contributed by atoms with Gasteiger partial charge in [-0.3, -0.25) is 4.79 Å². The van der Waals surface area contributed by atoms with E-state index >= 15 is 0 Å². The van der Waals surface area contributed by atoms with E-state index in [-0.39, 0.29) is 49.0 Å². The van der Waals surface area contributed by atoms with E-state index < -0.39 is 0 Å². The molecule has 26 heavy (non-hydrogen) atoms. The van der Waals surface area contributed by atoms with Gasteiger partial charge in [0.05, 0.1) is 12.1 Å². The molecule has 3 heterocycles. The summed E-state index contributed by atoms with van der Waals surface area (Å²) in [6.45, 7) is 0. The molecule has 2 aliphatic heterocycles. The Morgan fingerprint density at radius 2 is 1.85 bits per heavy atom. The summed E-state index contributed by atoms with van der Waals surface area (Å²) < 4.78 is 18.4. The number of rotatable bonds is 4. The topological polar surface area (TPSA) is 67.2 Å². The summed E-state index contributed by atoms with van der Waals surface area (Å²) in [7, 11) is 0. The van der Waals surface area contributed by atoms with Gasteiger partial charge < -0.3 is 15.1 Å². The second kappa shape index (κ2) is 8.84. The van der Waals surface area contributed by atoms with Crippen LogP contribution in [-0.2, 0) is 11.2 Å². The fourth-order valence-corrected chi connectivity index (χ4v) is 3.73. The van der Waals surface area contributed by atoms with Crippen LogP contribution in [0.3, 0.4) is 0 Å². The lowest BCUT2D eigenvalue weighted by molar-refractivity contribution is -0.121. The number of aromatic nitrogens is 1. The fourth-order valence-electron chi connectivity index (χ4n) is 3.73. The molecule has 1 amide bonds. The van der Waals surface area contributed by atoms with E-state index in [0.717, 1.165) is 12.8 Å². The molecule has 2 atom stereocenters. The summed E-state index contributed by atoms with van der Waals surface area (Å²) in [5.74, 6) is 0.0683. The minimum absolute atomic E-state index is 0. The number of fused-ring (bicyclic) bond motifs is 2. The van der Waals surface area contributed by atoms with Crippen LogP contribution in [0.4, 0.5) is 4.39 Å². The number of amides is 1. The van der Waals surface area contributed by atoms with Crippen molar-refractivity contribution in [2.75, 3.05) is 0 Å². The summed E-state index contributed by atoms with van der Waals surface area (Å²) in [5, 5.41) is 6.68. The SMILES string of the molecule is Cl.Cl.O=C(Cc1coc(-c2ccc(F)cc2)n1)NC1CC2CCC(C1)N2. The Kier molecular flexibility index (Phi) is 7.03. The first kappa shape index (κ1) is 20.7. The van der Waals surface area contributed by atoms with E-state index in [2.05, 4.69) is 15.6 Å². The Balaban J connectivity index is 0.00000121. The fraction of sp³-hybridized carbons (Fsp3) is 0.444. The molecule has 2 aromatic rings. The van der Waals surface area contributed by atoms with Crippen molar-refractivity contribution in [3.05, 3.63) is 42.0 Å². The van der Waals surface area contributed by atoms with Crippen molar-refractivity contribution in [2.24, 2.45) is 0 Å². The minimum atomic E-state index is -0.305. The molecule has 8 heteroatoms. The Bertz CT molecular complexity index is 726. The van der Waals surface area contributed by atoms with Gasteiger partial charge in [0.25, 0.3) is 0 Å². The van der Waals surface area contributed by atoms with Crippen molar-refractivity contribution in [3.8, 4) is 11.5 Å². The first-order valence-electron chi connectivity index (χ1n) is 8.41. The molecular weight excluding hydrogens is 380 g/mol. The lowest BCUT2D eigenvalue weighted by Crippen LogP contribution is -2.48. The summed E-state index contributed by atoms with van der Waals surface area (Å²) in [6.07, 6.45) is 6.11. The first-order valence-corrected chi connectivity index (χ1v) is 8.41. The van der Waals surface area contributed by atoms with E-state index in [1.54, 1.807) is 12.1 Å². The predicted octanol–water partition coefficient (Wildman–Crippen LogP) is 3.27. The molecule has 0 radical (unpaired) electrons. The summed E-state index contributed by atoms with van der Waals surface area (Å²) in [6, 6.07) is 7.28. The molecule has 2 unspecified atom stereocenters. The minimum Gasteiger partial charge on any atom is -0.444 e. The maximum Gasteiger partial charge on any atom is 0.226 e. The number of piperidine rings is 1. The average Bonchev–Trinajstić information content (AvgIpc) is 3.14. The molecule has 1 aromatic heterocycles. The molecule has 0 saturated carbocycles. The lowest BCUT2D eigenvalue weighted by Gasteiger charge is -2.29. The zero-order valence-electron chi connectivity index (χ0n) is 14.1. The highest BCUT2D eigenvalue weighted by Gasteiger charge is 2.33. The van der Waals surface area contributed by atoms with Gasteiger partial charge in [0, 0.05) is 23.7 Å². The molecule has 2 fully saturated rings. The van der Waals surface area contributed by atoms with Gasteiger partial charge in [0.1, 0.15) is 12.1 Å². The predicted molar refractivity (Wildman–Crippen MR) is 101 cm³/mol. The summed E-state index contributed by atoms with van der Waals surface area (Å²) >= 11 is 0. The van der Waals surface area contributed by atoms with Crippen molar-refractivity contribution in [3.63, 3.8) is 0 Å². The van der Waals surface area contributed by atoms with E-state index in [1.165, 1.54) is 31.2 Å². The standard InChI is InChI=1S/C18H20FN3O2.2ClH/c19-12-3-1-11(2-4-12)18-22-16(10-24-18)9-17(23)21-15-7-13-5-6-14(8-15)20-13;;/h1-4,10,13-15,20H,5-9H2,(H,21,23);2*1H. The van der Waals surface area contributed by atoms with Crippen LogP contribution >= 0.6 is 24.8 Å². The summed E-state index contributed by atoms with van der Waals surface area (Å²) in [5.41, 5.74) is 1.28. The summed E-state index contributed by atoms with van der Waals surface area (Å²) in [4.78, 5) is 16.6. The molecule has 2 N–H and O–H groups in total. The van der Waals surface area contributed by atoms with Crippen molar-refractivity contribution in [1.29, 1.82) is 0 Å². The van der Waals surface area contributed by atoms with Crippen LogP contribution in [0.1, 0.15) is 31.4 Å². The van der Waals surface area contributed by atoms with Crippen LogP contribution in [0.15, 0.2) is 34.9 Å². The van der Waals surface area contributed by atoms with Crippen molar-refractivity contribution in [2.45, 2.75) is 50.2 Å².